The fraction of sp³-hybridized carbons (Fsp3) is 0.450. The van der Waals surface area contributed by atoms with Gasteiger partial charge in [-0.05, 0) is 11.5 Å². The van der Waals surface area contributed by atoms with Crippen LogP contribution in [0, 0.1) is 5.41 Å². The Hall–Kier alpha value is -2.69. The van der Waals surface area contributed by atoms with E-state index in [9.17, 15) is 21.6 Å². The molecule has 3 heterocycles. The highest BCUT2D eigenvalue weighted by Gasteiger charge is 2.33. The summed E-state index contributed by atoms with van der Waals surface area (Å²) in [6, 6.07) is 2.21. The number of nitrogens with zero attached hydrogens (tertiary/aromatic N) is 4. The van der Waals surface area contributed by atoms with Crippen molar-refractivity contribution in [1.29, 1.82) is 0 Å². The number of alkyl halides is 3. The number of pyridine rings is 2. The average molecular weight is 456 g/mol. The molecule has 0 aliphatic rings. The van der Waals surface area contributed by atoms with Crippen molar-refractivity contribution < 1.29 is 26.3 Å². The Balaban J connectivity index is 2.17. The first-order valence-corrected chi connectivity index (χ1v) is 11.1. The van der Waals surface area contributed by atoms with Gasteiger partial charge in [0.2, 0.25) is 0 Å². The molecule has 3 rings (SSSR count). The third-order valence-electron chi connectivity index (χ3n) is 4.48. The molecule has 0 atom stereocenters. The van der Waals surface area contributed by atoms with Crippen LogP contribution in [0.3, 0.4) is 0 Å². The highest BCUT2D eigenvalue weighted by atomic mass is 32.2. The van der Waals surface area contributed by atoms with Crippen LogP contribution in [0.2, 0.25) is 0 Å². The molecule has 0 saturated heterocycles. The molecule has 0 aromatic carbocycles. The summed E-state index contributed by atoms with van der Waals surface area (Å²) < 4.78 is 71.7. The third-order valence-corrected chi connectivity index (χ3v) is 6.23. The number of hydrogen-bond acceptors (Lipinski definition) is 6. The lowest BCUT2D eigenvalue weighted by Gasteiger charge is -2.19. The van der Waals surface area contributed by atoms with Gasteiger partial charge in [0.25, 0.3) is 0 Å². The molecule has 0 amide bonds. The van der Waals surface area contributed by atoms with Gasteiger partial charge in [0.15, 0.2) is 15.7 Å². The van der Waals surface area contributed by atoms with Gasteiger partial charge in [0.1, 0.15) is 22.0 Å². The topological polar surface area (TPSA) is 87.0 Å². The van der Waals surface area contributed by atoms with E-state index in [-0.39, 0.29) is 38.8 Å². The van der Waals surface area contributed by atoms with Gasteiger partial charge >= 0.3 is 6.18 Å². The molecule has 7 nitrogen and oxygen atoms in total. The molecule has 3 aromatic rings. The fourth-order valence-electron chi connectivity index (χ4n) is 2.82. The monoisotopic (exact) mass is 456 g/mol. The second kappa shape index (κ2) is 7.77. The van der Waals surface area contributed by atoms with Gasteiger partial charge < -0.3 is 9.30 Å². The molecule has 0 N–H and O–H groups in total. The zero-order valence-electron chi connectivity index (χ0n) is 17.8. The van der Waals surface area contributed by atoms with Crippen LogP contribution in [0.1, 0.15) is 33.4 Å². The van der Waals surface area contributed by atoms with Gasteiger partial charge in [-0.2, -0.15) is 13.2 Å². The number of aromatic nitrogens is 4. The van der Waals surface area contributed by atoms with Crippen LogP contribution in [-0.2, 0) is 23.1 Å². The van der Waals surface area contributed by atoms with Gasteiger partial charge in [0, 0.05) is 13.1 Å². The van der Waals surface area contributed by atoms with E-state index in [2.05, 4.69) is 15.0 Å². The molecule has 0 aliphatic carbocycles. The first kappa shape index (κ1) is 23.0. The lowest BCUT2D eigenvalue weighted by Crippen LogP contribution is -2.17. The molecule has 0 spiro atoms. The van der Waals surface area contributed by atoms with Crippen LogP contribution >= 0.6 is 0 Å². The summed E-state index contributed by atoms with van der Waals surface area (Å²) in [6.07, 6.45) is -2.18. The summed E-state index contributed by atoms with van der Waals surface area (Å²) in [5, 5.41) is 0. The van der Waals surface area contributed by atoms with E-state index in [1.807, 2.05) is 20.8 Å². The minimum Gasteiger partial charge on any atom is -0.491 e. The van der Waals surface area contributed by atoms with E-state index in [1.165, 1.54) is 23.8 Å². The van der Waals surface area contributed by atoms with Crippen LogP contribution in [0.5, 0.6) is 5.75 Å². The lowest BCUT2D eigenvalue weighted by atomic mass is 9.99. The largest absolute Gasteiger partial charge is 0.491 e. The Morgan fingerprint density at radius 2 is 1.77 bits per heavy atom. The summed E-state index contributed by atoms with van der Waals surface area (Å²) in [7, 11) is -2.17. The first-order valence-electron chi connectivity index (χ1n) is 9.48. The van der Waals surface area contributed by atoms with Crippen molar-refractivity contribution in [2.45, 2.75) is 38.8 Å². The van der Waals surface area contributed by atoms with Crippen molar-refractivity contribution in [1.82, 2.24) is 19.5 Å². The minimum atomic E-state index is -4.62. The number of ether oxygens (including phenoxy) is 1. The maximum absolute atomic E-state index is 13.0. The highest BCUT2D eigenvalue weighted by molar-refractivity contribution is 7.91. The SMILES string of the molecule is CCS(=O)(=O)c1cc(OCC(C)(C)C)cnc1-c1nc2cc(C(F)(F)F)ncc2n1C. The number of sulfone groups is 1. The lowest BCUT2D eigenvalue weighted by molar-refractivity contribution is -0.141. The molecule has 11 heteroatoms. The van der Waals surface area contributed by atoms with E-state index >= 15 is 0 Å². The Morgan fingerprint density at radius 1 is 1.10 bits per heavy atom. The predicted octanol–water partition coefficient (Wildman–Crippen LogP) is 4.27. The molecule has 0 fully saturated rings. The van der Waals surface area contributed by atoms with Crippen LogP contribution < -0.4 is 4.74 Å². The maximum Gasteiger partial charge on any atom is 0.433 e. The quantitative estimate of drug-likeness (QED) is 0.570. The smallest absolute Gasteiger partial charge is 0.433 e. The van der Waals surface area contributed by atoms with Gasteiger partial charge in [-0.3, -0.25) is 0 Å². The first-order chi connectivity index (χ1) is 14.2. The molecular formula is C20H23F3N4O3S. The molecule has 3 aromatic heterocycles. The zero-order valence-corrected chi connectivity index (χ0v) is 18.6. The predicted molar refractivity (Wildman–Crippen MR) is 109 cm³/mol. The Bertz CT molecular complexity index is 1230. The summed E-state index contributed by atoms with van der Waals surface area (Å²) in [5.74, 6) is 0.213. The van der Waals surface area contributed by atoms with Crippen molar-refractivity contribution in [2.75, 3.05) is 12.4 Å². The van der Waals surface area contributed by atoms with Crippen molar-refractivity contribution in [3.8, 4) is 17.3 Å². The Labute approximate surface area is 178 Å². The summed E-state index contributed by atoms with van der Waals surface area (Å²) in [4.78, 5) is 11.9. The fourth-order valence-corrected chi connectivity index (χ4v) is 3.87. The van der Waals surface area contributed by atoms with Crippen molar-refractivity contribution in [2.24, 2.45) is 12.5 Å². The van der Waals surface area contributed by atoms with Crippen LogP contribution in [0.15, 0.2) is 29.4 Å². The number of aryl methyl sites for hydroxylation is 1. The van der Waals surface area contributed by atoms with E-state index < -0.39 is 21.7 Å². The van der Waals surface area contributed by atoms with Crippen molar-refractivity contribution >= 4 is 20.9 Å². The zero-order chi connectivity index (χ0) is 23.2. The average Bonchev–Trinajstić information content (AvgIpc) is 3.01. The van der Waals surface area contributed by atoms with Crippen molar-refractivity contribution in [3.05, 3.63) is 30.2 Å². The second-order valence-electron chi connectivity index (χ2n) is 8.32. The Morgan fingerprint density at radius 3 is 2.35 bits per heavy atom. The van der Waals surface area contributed by atoms with Crippen LogP contribution in [0.25, 0.3) is 22.6 Å². The van der Waals surface area contributed by atoms with Gasteiger partial charge in [-0.25, -0.2) is 23.4 Å². The standard InChI is InChI=1S/C20H23F3N4O3S/c1-6-31(28,29)15-7-12(30-11-19(2,3)4)9-25-17(15)18-26-13-8-16(20(21,22)23)24-10-14(13)27(18)5/h7-10H,6,11H2,1-5H3. The third kappa shape index (κ3) is 4.81. The molecule has 0 bridgehead atoms. The maximum atomic E-state index is 13.0. The molecule has 0 saturated carbocycles. The van der Waals surface area contributed by atoms with Crippen molar-refractivity contribution in [3.63, 3.8) is 0 Å². The number of fused-ring (bicyclic) bond motifs is 1. The van der Waals surface area contributed by atoms with Gasteiger partial charge in [0.05, 0.1) is 35.8 Å². The molecular weight excluding hydrogens is 433 g/mol. The molecule has 168 valence electrons. The Kier molecular flexibility index (Phi) is 5.76. The van der Waals surface area contributed by atoms with Crippen LogP contribution in [0.4, 0.5) is 13.2 Å². The molecule has 31 heavy (non-hydrogen) atoms. The summed E-state index contributed by atoms with van der Waals surface area (Å²) >= 11 is 0. The van der Waals surface area contributed by atoms with Gasteiger partial charge in [-0.15, -0.1) is 0 Å². The van der Waals surface area contributed by atoms with E-state index in [0.717, 1.165) is 12.3 Å². The van der Waals surface area contributed by atoms with Crippen LogP contribution in [-0.4, -0.2) is 40.3 Å². The number of halogens is 3. The number of rotatable bonds is 5. The molecule has 0 aliphatic heterocycles. The summed E-state index contributed by atoms with van der Waals surface area (Å²) in [5.41, 5.74) is -0.835. The minimum absolute atomic E-state index is 0.0366. The van der Waals surface area contributed by atoms with Gasteiger partial charge in [-0.1, -0.05) is 27.7 Å². The van der Waals surface area contributed by atoms with E-state index in [1.54, 1.807) is 7.05 Å². The normalized spacial score (nSPS) is 13.0. The number of hydrogen-bond donors (Lipinski definition) is 0. The van der Waals surface area contributed by atoms with E-state index in [4.69, 9.17) is 4.74 Å². The molecule has 0 unspecified atom stereocenters. The second-order valence-corrected chi connectivity index (χ2v) is 10.6. The number of imidazole rings is 1. The summed E-state index contributed by atoms with van der Waals surface area (Å²) in [6.45, 7) is 7.76. The van der Waals surface area contributed by atoms with E-state index in [0.29, 0.717) is 12.1 Å². The highest BCUT2D eigenvalue weighted by Crippen LogP contribution is 2.33. The molecule has 0 radical (unpaired) electrons.